The van der Waals surface area contributed by atoms with E-state index < -0.39 is 0 Å². The Hall–Kier alpha value is -10.0. The predicted octanol–water partition coefficient (Wildman–Crippen LogP) is 21.5. The number of H-pyrrole nitrogens is 2. The van der Waals surface area contributed by atoms with Gasteiger partial charge in [0.1, 0.15) is 68.4 Å². The molecule has 0 unspecified atom stereocenters. The van der Waals surface area contributed by atoms with Gasteiger partial charge in [-0.15, -0.1) is 0 Å². The molecule has 2 N–H and O–H groups in total. The topological polar surface area (TPSA) is 196 Å². The van der Waals surface area contributed by atoms with E-state index in [1.165, 1.54) is 0 Å². The average molecular weight is 1340 g/mol. The number of nitrogens with zero attached hydrogens (tertiary/aromatic N) is 7. The first-order chi connectivity index (χ1) is 49.4. The first kappa shape index (κ1) is 67.2. The van der Waals surface area contributed by atoms with Crippen LogP contribution >= 0.6 is 0 Å². The molecule has 100 heavy (non-hydrogen) atoms. The van der Waals surface area contributed by atoms with Crippen molar-refractivity contribution in [2.75, 3.05) is 52.9 Å². The highest BCUT2D eigenvalue weighted by Gasteiger charge is 2.36. The number of unbranched alkanes of at least 4 members (excludes halogenated alkanes) is 8. The molecule has 2 aliphatic heterocycles. The van der Waals surface area contributed by atoms with Gasteiger partial charge in [-0.1, -0.05) is 180 Å². The molecule has 8 aromatic carbocycles. The summed E-state index contributed by atoms with van der Waals surface area (Å²) in [5, 5.41) is 10.7. The van der Waals surface area contributed by atoms with Crippen molar-refractivity contribution in [2.24, 2.45) is 0 Å². The summed E-state index contributed by atoms with van der Waals surface area (Å²) in [7, 11) is 0. The summed E-state index contributed by atoms with van der Waals surface area (Å²) >= 11 is 0. The summed E-state index contributed by atoms with van der Waals surface area (Å²) in [5.41, 5.74) is 4.75. The van der Waals surface area contributed by atoms with E-state index in [0.29, 0.717) is 194 Å². The first-order valence-electron chi connectivity index (χ1n) is 36.9. The molecule has 0 atom stereocenters. The molecule has 14 rings (SSSR count). The first-order valence-corrected chi connectivity index (χ1v) is 36.9. The number of hydrogen-bond donors (Lipinski definition) is 2. The molecule has 0 fully saturated rings. The van der Waals surface area contributed by atoms with E-state index in [9.17, 15) is 0 Å². The Labute approximate surface area is 583 Å². The van der Waals surface area contributed by atoms with Gasteiger partial charge in [0.2, 0.25) is 0 Å². The molecule has 0 amide bonds. The third-order valence-corrected chi connectivity index (χ3v) is 18.9. The summed E-state index contributed by atoms with van der Waals surface area (Å²) < 4.78 is 57.5. The maximum Gasteiger partial charge on any atom is 0.168 e. The Morgan fingerprint density at radius 1 is 0.270 bits per heavy atom. The molecular formula is C83H91N9O8. The zero-order valence-corrected chi connectivity index (χ0v) is 59.2. The van der Waals surface area contributed by atoms with Gasteiger partial charge in [-0.25, -0.2) is 29.9 Å². The minimum absolute atomic E-state index is 0.309. The Balaban J connectivity index is 1.27. The molecule has 0 radical (unpaired) electrons. The molecule has 2 aliphatic rings. The SMILES string of the molecule is CCCCOc1c2c(c(OCCCC)c3cc4ccccc4cc13)-c1nc-2nc2[nH]c(nc3nc(nc4[nH]c(n1)c1c(OCCCC)c5ccccc5c(OCCCC)c41)-c1c-3c(OCCCC)c3cccnc3c1OCCCC)c1c(OCCCC)c3ccccc3c(OCCCC)c21. The van der Waals surface area contributed by atoms with E-state index in [0.717, 1.165) is 151 Å². The van der Waals surface area contributed by atoms with Crippen LogP contribution in [0.3, 0.4) is 0 Å². The zero-order chi connectivity index (χ0) is 68.6. The van der Waals surface area contributed by atoms with Crippen LogP contribution in [0.1, 0.15) is 158 Å². The second-order valence-electron chi connectivity index (χ2n) is 26.1. The zero-order valence-electron chi connectivity index (χ0n) is 59.2. The standard InChI is InChI=1S/C83H91N9O8/c1-9-17-40-93-68-52-34-27-28-35-53(52)69(94-41-18-10-2)60-59(68)76-85-78(60)89-82-65-66(75(100-47-24-16-8)67-56(38-31-39-84-67)72(65)97-44-21-13-5)83(92-82)91-79-62-61(70(95-42-19-11-3)54-36-29-30-37-55(54)71(62)96-43-20-12-4)77(86-79)88-81-64-63(80(87-76)90-81)73(98-45-22-14-6)57-48-50-32-25-26-33-51(50)49-58(57)74(64)99-46-23-15-7/h25-39,48-49H,9-24,40-47H2,1-8H3,(H2,85,86,87,88,89,90,91,92). The van der Waals surface area contributed by atoms with Crippen LogP contribution in [0.15, 0.2) is 103 Å². The van der Waals surface area contributed by atoms with Crippen LogP contribution in [-0.2, 0) is 0 Å². The molecule has 12 aromatic rings. The van der Waals surface area contributed by atoms with Crippen LogP contribution in [-0.4, -0.2) is 97.7 Å². The number of benzene rings is 8. The fourth-order valence-electron chi connectivity index (χ4n) is 13.6. The van der Waals surface area contributed by atoms with E-state index in [2.05, 4.69) is 126 Å². The van der Waals surface area contributed by atoms with Crippen molar-refractivity contribution in [3.8, 4) is 91.5 Å². The van der Waals surface area contributed by atoms with Crippen molar-refractivity contribution >= 4 is 98.1 Å². The van der Waals surface area contributed by atoms with Crippen molar-refractivity contribution in [1.29, 1.82) is 0 Å². The van der Waals surface area contributed by atoms with E-state index in [1.54, 1.807) is 6.20 Å². The van der Waals surface area contributed by atoms with Crippen LogP contribution in [0.5, 0.6) is 46.0 Å². The molecule has 0 aliphatic carbocycles. The fraction of sp³-hybridized carbons (Fsp3) is 0.386. The highest BCUT2D eigenvalue weighted by molar-refractivity contribution is 6.23. The second-order valence-corrected chi connectivity index (χ2v) is 26.1. The number of nitrogens with one attached hydrogen (secondary N) is 2. The third-order valence-electron chi connectivity index (χ3n) is 18.9. The Morgan fingerprint density at radius 2 is 0.530 bits per heavy atom. The molecule has 0 spiro atoms. The number of aromatic amines is 2. The molecule has 17 nitrogen and oxygen atoms in total. The van der Waals surface area contributed by atoms with Crippen LogP contribution in [0, 0.1) is 0 Å². The van der Waals surface area contributed by atoms with Crippen molar-refractivity contribution in [2.45, 2.75) is 158 Å². The summed E-state index contributed by atoms with van der Waals surface area (Å²) in [6, 6.07) is 33.4. The summed E-state index contributed by atoms with van der Waals surface area (Å²) in [6.07, 6.45) is 15.5. The van der Waals surface area contributed by atoms with Crippen molar-refractivity contribution in [3.05, 3.63) is 103 Å². The number of rotatable bonds is 32. The van der Waals surface area contributed by atoms with Crippen LogP contribution in [0.4, 0.5) is 0 Å². The lowest BCUT2D eigenvalue weighted by Gasteiger charge is -2.19. The van der Waals surface area contributed by atoms with Crippen LogP contribution in [0.25, 0.3) is 144 Å². The molecular weight excluding hydrogens is 1250 g/mol. The molecule has 0 saturated carbocycles. The smallest absolute Gasteiger partial charge is 0.168 e. The lowest BCUT2D eigenvalue weighted by molar-refractivity contribution is 0.308. The second kappa shape index (κ2) is 30.6. The Bertz CT molecular complexity index is 4890. The van der Waals surface area contributed by atoms with Gasteiger partial charge in [0.15, 0.2) is 29.0 Å². The fourth-order valence-corrected chi connectivity index (χ4v) is 13.6. The number of pyridine rings is 1. The average Bonchev–Trinajstić information content (AvgIpc) is 1.54. The largest absolute Gasteiger partial charge is 0.492 e. The summed E-state index contributed by atoms with van der Waals surface area (Å²) in [4.78, 5) is 47.8. The van der Waals surface area contributed by atoms with E-state index >= 15 is 0 Å². The number of ether oxygens (including phenoxy) is 8. The monoisotopic (exact) mass is 1340 g/mol. The molecule has 0 saturated heterocycles. The molecule has 17 heteroatoms. The highest BCUT2D eigenvalue weighted by Crippen LogP contribution is 2.56. The number of aromatic nitrogens is 9. The van der Waals surface area contributed by atoms with Gasteiger partial charge in [-0.2, -0.15) is 0 Å². The summed E-state index contributed by atoms with van der Waals surface area (Å²) in [6.45, 7) is 20.8. The van der Waals surface area contributed by atoms with Gasteiger partial charge in [0.05, 0.1) is 96.7 Å². The Morgan fingerprint density at radius 3 is 0.840 bits per heavy atom. The molecule has 4 aromatic heterocycles. The highest BCUT2D eigenvalue weighted by atomic mass is 16.5. The van der Waals surface area contributed by atoms with Crippen molar-refractivity contribution in [1.82, 2.24) is 44.9 Å². The normalized spacial score (nSPS) is 12.0. The quantitative estimate of drug-likeness (QED) is 0.0298. The van der Waals surface area contributed by atoms with Gasteiger partial charge in [0.25, 0.3) is 0 Å². The molecule has 516 valence electrons. The van der Waals surface area contributed by atoms with Crippen LogP contribution < -0.4 is 37.9 Å². The maximum atomic E-state index is 7.29. The maximum absolute atomic E-state index is 7.29. The minimum atomic E-state index is 0.309. The lowest BCUT2D eigenvalue weighted by Crippen LogP contribution is -2.04. The minimum Gasteiger partial charge on any atom is -0.492 e. The third kappa shape index (κ3) is 12.6. The Kier molecular flexibility index (Phi) is 20.6. The van der Waals surface area contributed by atoms with E-state index in [-0.39, 0.29) is 0 Å². The lowest BCUT2D eigenvalue weighted by atomic mass is 9.95. The summed E-state index contributed by atoms with van der Waals surface area (Å²) in [5.74, 6) is 6.14. The van der Waals surface area contributed by atoms with Gasteiger partial charge < -0.3 is 47.9 Å². The van der Waals surface area contributed by atoms with E-state index in [1.807, 2.05) is 36.4 Å². The molecule has 8 bridgehead atoms. The molecule has 6 heterocycles. The van der Waals surface area contributed by atoms with E-state index in [4.69, 9.17) is 72.8 Å². The van der Waals surface area contributed by atoms with Gasteiger partial charge in [-0.3, -0.25) is 4.98 Å². The van der Waals surface area contributed by atoms with Gasteiger partial charge >= 0.3 is 0 Å². The van der Waals surface area contributed by atoms with Crippen molar-refractivity contribution < 1.29 is 37.9 Å². The predicted molar refractivity (Wildman–Crippen MR) is 405 cm³/mol. The van der Waals surface area contributed by atoms with Gasteiger partial charge in [0, 0.05) is 43.9 Å². The van der Waals surface area contributed by atoms with Crippen molar-refractivity contribution in [3.63, 3.8) is 0 Å². The number of fused-ring (bicyclic) bond motifs is 25. The van der Waals surface area contributed by atoms with Crippen LogP contribution in [0.2, 0.25) is 0 Å². The number of hydrogen-bond acceptors (Lipinski definition) is 15. The van der Waals surface area contributed by atoms with Gasteiger partial charge in [-0.05, 0) is 86.4 Å².